The second-order valence-electron chi connectivity index (χ2n) is 5.13. The molecule has 0 aliphatic carbocycles. The first-order valence-electron chi connectivity index (χ1n) is 6.33. The van der Waals surface area contributed by atoms with Crippen LogP contribution in [0.1, 0.15) is 38.8 Å². The maximum atomic E-state index is 12.0. The van der Waals surface area contributed by atoms with Gasteiger partial charge in [-0.1, -0.05) is 26.0 Å². The monoisotopic (exact) mass is 264 g/mol. The van der Waals surface area contributed by atoms with Gasteiger partial charge in [-0.25, -0.2) is 0 Å². The lowest BCUT2D eigenvalue weighted by Gasteiger charge is -2.26. The molecule has 1 atom stereocenters. The molecule has 0 unspecified atom stereocenters. The Kier molecular flexibility index (Phi) is 5.03. The molecule has 1 aromatic rings. The van der Waals surface area contributed by atoms with Crippen molar-refractivity contribution < 1.29 is 9.72 Å². The number of carbonyl (C=O) groups is 1. The molecule has 19 heavy (non-hydrogen) atoms. The fourth-order valence-electron chi connectivity index (χ4n) is 1.83. The maximum Gasteiger partial charge on any atom is 0.269 e. The third-order valence-corrected chi connectivity index (χ3v) is 3.12. The highest BCUT2D eigenvalue weighted by atomic mass is 16.6. The highest BCUT2D eigenvalue weighted by molar-refractivity contribution is 5.76. The molecule has 0 aliphatic heterocycles. The minimum absolute atomic E-state index is 0.0500. The average molecular weight is 264 g/mol. The fraction of sp³-hybridized carbons (Fsp3) is 0.500. The second kappa shape index (κ2) is 6.31. The van der Waals surface area contributed by atoms with E-state index in [1.165, 1.54) is 12.1 Å². The van der Waals surface area contributed by atoms with E-state index in [-0.39, 0.29) is 17.6 Å². The van der Waals surface area contributed by atoms with E-state index in [9.17, 15) is 14.9 Å². The first-order chi connectivity index (χ1) is 8.82. The van der Waals surface area contributed by atoms with E-state index >= 15 is 0 Å². The first-order valence-corrected chi connectivity index (χ1v) is 6.33. The van der Waals surface area contributed by atoms with Crippen LogP contribution in [0, 0.1) is 16.0 Å². The molecule has 0 radical (unpaired) electrons. The van der Waals surface area contributed by atoms with Gasteiger partial charge in [-0.15, -0.1) is 0 Å². The summed E-state index contributed by atoms with van der Waals surface area (Å²) in [6.07, 6.45) is 0.482. The summed E-state index contributed by atoms with van der Waals surface area (Å²) in [5.74, 6) is 0.348. The normalized spacial score (nSPS) is 12.3. The van der Waals surface area contributed by atoms with E-state index in [0.29, 0.717) is 12.3 Å². The molecule has 0 spiro atoms. The SMILES string of the molecule is CC(C)CC(=O)N(C)[C@H](C)c1cccc([N+](=O)[O-])c1. The number of non-ortho nitro benzene ring substituents is 1. The highest BCUT2D eigenvalue weighted by Gasteiger charge is 2.19. The highest BCUT2D eigenvalue weighted by Crippen LogP contribution is 2.23. The van der Waals surface area contributed by atoms with Gasteiger partial charge in [0.05, 0.1) is 11.0 Å². The van der Waals surface area contributed by atoms with Crippen LogP contribution in [0.5, 0.6) is 0 Å². The summed E-state index contributed by atoms with van der Waals surface area (Å²) in [6.45, 7) is 5.85. The summed E-state index contributed by atoms with van der Waals surface area (Å²) in [4.78, 5) is 23.9. The zero-order valence-electron chi connectivity index (χ0n) is 11.8. The van der Waals surface area contributed by atoms with E-state index in [1.807, 2.05) is 20.8 Å². The largest absolute Gasteiger partial charge is 0.339 e. The van der Waals surface area contributed by atoms with E-state index in [0.717, 1.165) is 5.56 Å². The van der Waals surface area contributed by atoms with Gasteiger partial charge >= 0.3 is 0 Å². The predicted molar refractivity (Wildman–Crippen MR) is 73.7 cm³/mol. The Labute approximate surface area is 113 Å². The van der Waals surface area contributed by atoms with Crippen LogP contribution in [-0.2, 0) is 4.79 Å². The van der Waals surface area contributed by atoms with Crippen molar-refractivity contribution in [1.29, 1.82) is 0 Å². The smallest absolute Gasteiger partial charge is 0.269 e. The molecule has 5 nitrogen and oxygen atoms in total. The Morgan fingerprint density at radius 3 is 2.53 bits per heavy atom. The molecule has 0 saturated heterocycles. The van der Waals surface area contributed by atoms with Crippen LogP contribution in [0.15, 0.2) is 24.3 Å². The van der Waals surface area contributed by atoms with E-state index < -0.39 is 4.92 Å². The fourth-order valence-corrected chi connectivity index (χ4v) is 1.83. The Hall–Kier alpha value is -1.91. The van der Waals surface area contributed by atoms with Crippen molar-refractivity contribution in [1.82, 2.24) is 4.90 Å². The number of nitrogens with zero attached hydrogens (tertiary/aromatic N) is 2. The summed E-state index contributed by atoms with van der Waals surface area (Å²) in [5.41, 5.74) is 0.822. The van der Waals surface area contributed by atoms with Crippen molar-refractivity contribution in [2.45, 2.75) is 33.2 Å². The zero-order valence-corrected chi connectivity index (χ0v) is 11.8. The second-order valence-corrected chi connectivity index (χ2v) is 5.13. The quantitative estimate of drug-likeness (QED) is 0.606. The van der Waals surface area contributed by atoms with Crippen LogP contribution >= 0.6 is 0 Å². The van der Waals surface area contributed by atoms with Crippen LogP contribution in [0.2, 0.25) is 0 Å². The van der Waals surface area contributed by atoms with Crippen molar-refractivity contribution in [2.24, 2.45) is 5.92 Å². The van der Waals surface area contributed by atoms with Gasteiger partial charge in [-0.3, -0.25) is 14.9 Å². The first kappa shape index (κ1) is 15.1. The summed E-state index contributed by atoms with van der Waals surface area (Å²) < 4.78 is 0. The summed E-state index contributed by atoms with van der Waals surface area (Å²) in [6, 6.07) is 6.24. The Bertz CT molecular complexity index is 472. The minimum atomic E-state index is -0.424. The summed E-state index contributed by atoms with van der Waals surface area (Å²) in [7, 11) is 1.73. The number of amides is 1. The van der Waals surface area contributed by atoms with Gasteiger partial charge in [-0.2, -0.15) is 0 Å². The molecule has 0 saturated carbocycles. The molecule has 1 amide bonds. The molecule has 0 fully saturated rings. The number of hydrogen-bond acceptors (Lipinski definition) is 3. The van der Waals surface area contributed by atoms with Crippen LogP contribution in [0.3, 0.4) is 0 Å². The van der Waals surface area contributed by atoms with E-state index in [1.54, 1.807) is 24.1 Å². The van der Waals surface area contributed by atoms with Gasteiger partial charge in [0.1, 0.15) is 0 Å². The average Bonchev–Trinajstić information content (AvgIpc) is 2.36. The maximum absolute atomic E-state index is 12.0. The van der Waals surface area contributed by atoms with Gasteiger partial charge in [0.25, 0.3) is 5.69 Å². The third-order valence-electron chi connectivity index (χ3n) is 3.12. The van der Waals surface area contributed by atoms with Gasteiger partial charge in [0, 0.05) is 25.6 Å². The van der Waals surface area contributed by atoms with Crippen molar-refractivity contribution in [3.05, 3.63) is 39.9 Å². The molecule has 1 aromatic carbocycles. The van der Waals surface area contributed by atoms with Crippen molar-refractivity contribution in [3.63, 3.8) is 0 Å². The number of nitro groups is 1. The van der Waals surface area contributed by atoms with E-state index in [4.69, 9.17) is 0 Å². The summed E-state index contributed by atoms with van der Waals surface area (Å²) >= 11 is 0. The van der Waals surface area contributed by atoms with Crippen LogP contribution in [0.25, 0.3) is 0 Å². The molecule has 0 aliphatic rings. The number of rotatable bonds is 5. The molecular weight excluding hydrogens is 244 g/mol. The lowest BCUT2D eigenvalue weighted by Crippen LogP contribution is -2.30. The predicted octanol–water partition coefficient (Wildman–Crippen LogP) is 3.16. The molecule has 5 heteroatoms. The summed E-state index contributed by atoms with van der Waals surface area (Å²) in [5, 5.41) is 10.7. The molecule has 0 heterocycles. The van der Waals surface area contributed by atoms with Gasteiger partial charge < -0.3 is 4.90 Å². The van der Waals surface area contributed by atoms with Crippen molar-refractivity contribution >= 4 is 11.6 Å². The minimum Gasteiger partial charge on any atom is -0.339 e. The van der Waals surface area contributed by atoms with Crippen LogP contribution < -0.4 is 0 Å². The third kappa shape index (κ3) is 4.05. The molecule has 0 N–H and O–H groups in total. The molecule has 0 aromatic heterocycles. The molecule has 1 rings (SSSR count). The molecular formula is C14H20N2O3. The van der Waals surface area contributed by atoms with Crippen LogP contribution in [-0.4, -0.2) is 22.8 Å². The Morgan fingerprint density at radius 1 is 1.37 bits per heavy atom. The lowest BCUT2D eigenvalue weighted by atomic mass is 10.0. The van der Waals surface area contributed by atoms with E-state index in [2.05, 4.69) is 0 Å². The van der Waals surface area contributed by atoms with Crippen molar-refractivity contribution in [2.75, 3.05) is 7.05 Å². The van der Waals surface area contributed by atoms with Gasteiger partial charge in [0.2, 0.25) is 5.91 Å². The lowest BCUT2D eigenvalue weighted by molar-refractivity contribution is -0.384. The number of benzene rings is 1. The van der Waals surface area contributed by atoms with Crippen molar-refractivity contribution in [3.8, 4) is 0 Å². The Balaban J connectivity index is 2.87. The Morgan fingerprint density at radius 2 is 2.00 bits per heavy atom. The number of carbonyl (C=O) groups excluding carboxylic acids is 1. The molecule has 0 bridgehead atoms. The number of hydrogen-bond donors (Lipinski definition) is 0. The zero-order chi connectivity index (χ0) is 14.6. The number of nitro benzene ring substituents is 1. The molecule has 104 valence electrons. The van der Waals surface area contributed by atoms with Gasteiger partial charge in [-0.05, 0) is 18.4 Å². The van der Waals surface area contributed by atoms with Gasteiger partial charge in [0.15, 0.2) is 0 Å². The topological polar surface area (TPSA) is 63.5 Å². The standard InChI is InChI=1S/C14H20N2O3/c1-10(2)8-14(17)15(4)11(3)12-6-5-7-13(9-12)16(18)19/h5-7,9-11H,8H2,1-4H3/t11-/m1/s1. The van der Waals surface area contributed by atoms with Crippen LogP contribution in [0.4, 0.5) is 5.69 Å².